The van der Waals surface area contributed by atoms with Crippen molar-refractivity contribution in [1.29, 1.82) is 0 Å². The molecule has 1 heterocycles. The molecule has 0 unspecified atom stereocenters. The van der Waals surface area contributed by atoms with E-state index in [1.54, 1.807) is 18.2 Å². The minimum atomic E-state index is -0.762. The number of anilines is 1. The quantitative estimate of drug-likeness (QED) is 0.819. The highest BCUT2D eigenvalue weighted by molar-refractivity contribution is 5.97. The molecule has 110 valence electrons. The lowest BCUT2D eigenvalue weighted by Gasteiger charge is -2.36. The first-order valence-electron chi connectivity index (χ1n) is 6.76. The molecule has 0 aromatic heterocycles. The maximum atomic E-state index is 11.3. The number of nitrogens with zero attached hydrogens (tertiary/aromatic N) is 1. The van der Waals surface area contributed by atoms with Gasteiger partial charge < -0.3 is 19.8 Å². The third-order valence-electron chi connectivity index (χ3n) is 3.76. The van der Waals surface area contributed by atoms with Crippen molar-refractivity contribution in [1.82, 2.24) is 0 Å². The zero-order valence-electron chi connectivity index (χ0n) is 11.9. The minimum absolute atomic E-state index is 0.0270. The average Bonchev–Trinajstić information content (AvgIpc) is 2.38. The van der Waals surface area contributed by atoms with Gasteiger partial charge in [-0.3, -0.25) is 4.79 Å². The number of hydrogen-bond donors (Lipinski definition) is 2. The second-order valence-corrected chi connectivity index (χ2v) is 5.45. The fourth-order valence-corrected chi connectivity index (χ4v) is 2.50. The number of benzene rings is 1. The first-order chi connectivity index (χ1) is 9.41. The molecule has 1 aliphatic heterocycles. The molecular formula is C15H21NO4. The maximum absolute atomic E-state index is 11.3. The Morgan fingerprint density at radius 1 is 1.40 bits per heavy atom. The van der Waals surface area contributed by atoms with Crippen LogP contribution in [0.5, 0.6) is 5.75 Å². The van der Waals surface area contributed by atoms with E-state index >= 15 is 0 Å². The van der Waals surface area contributed by atoms with Crippen LogP contribution in [0.1, 0.15) is 30.1 Å². The zero-order chi connectivity index (χ0) is 14.8. The Kier molecular flexibility index (Phi) is 4.30. The Bertz CT molecular complexity index is 495. The van der Waals surface area contributed by atoms with Gasteiger partial charge in [-0.1, -0.05) is 0 Å². The molecule has 0 radical (unpaired) electrons. The van der Waals surface area contributed by atoms with Crippen molar-refractivity contribution < 1.29 is 19.7 Å². The van der Waals surface area contributed by atoms with E-state index in [1.165, 1.54) is 6.92 Å². The lowest BCUT2D eigenvalue weighted by atomic mass is 9.93. The molecule has 20 heavy (non-hydrogen) atoms. The third kappa shape index (κ3) is 3.29. The van der Waals surface area contributed by atoms with Gasteiger partial charge in [0.1, 0.15) is 5.75 Å². The lowest BCUT2D eigenvalue weighted by molar-refractivity contribution is -0.0572. The van der Waals surface area contributed by atoms with E-state index in [4.69, 9.17) is 4.74 Å². The summed E-state index contributed by atoms with van der Waals surface area (Å²) in [5.74, 6) is -0.194. The highest BCUT2D eigenvalue weighted by Crippen LogP contribution is 2.27. The van der Waals surface area contributed by atoms with Crippen molar-refractivity contribution >= 4 is 11.5 Å². The lowest BCUT2D eigenvalue weighted by Crippen LogP contribution is -2.45. The number of carbonyl (C=O) groups is 1. The van der Waals surface area contributed by atoms with Crippen LogP contribution in [0, 0.1) is 0 Å². The second kappa shape index (κ2) is 5.81. The summed E-state index contributed by atoms with van der Waals surface area (Å²) in [6.07, 6.45) is 1.21. The fourth-order valence-electron chi connectivity index (χ4n) is 2.50. The maximum Gasteiger partial charge on any atom is 0.163 e. The van der Waals surface area contributed by atoms with Crippen molar-refractivity contribution in [2.24, 2.45) is 0 Å². The summed E-state index contributed by atoms with van der Waals surface area (Å²) >= 11 is 0. The predicted octanol–water partition coefficient (Wildman–Crippen LogP) is 1.57. The van der Waals surface area contributed by atoms with Crippen LogP contribution < -0.4 is 4.90 Å². The first kappa shape index (κ1) is 14.8. The number of aromatic hydroxyl groups is 1. The molecule has 1 fully saturated rings. The summed E-state index contributed by atoms with van der Waals surface area (Å²) in [4.78, 5) is 13.2. The van der Waals surface area contributed by atoms with Crippen LogP contribution in [0.25, 0.3) is 0 Å². The summed E-state index contributed by atoms with van der Waals surface area (Å²) < 4.78 is 5.26. The number of phenols is 1. The van der Waals surface area contributed by atoms with E-state index in [0.29, 0.717) is 38.2 Å². The van der Waals surface area contributed by atoms with Crippen LogP contribution in [0.2, 0.25) is 0 Å². The highest BCUT2D eigenvalue weighted by Gasteiger charge is 2.31. The SMILES string of the molecule is CC(=O)c1ccc(N(C)CC2(O)CCOCC2)cc1O. The van der Waals surface area contributed by atoms with Gasteiger partial charge in [-0.2, -0.15) is 0 Å². The van der Waals surface area contributed by atoms with E-state index in [-0.39, 0.29) is 11.5 Å². The number of phenolic OH excluding ortho intramolecular Hbond substituents is 1. The Labute approximate surface area is 118 Å². The van der Waals surface area contributed by atoms with Gasteiger partial charge >= 0.3 is 0 Å². The molecule has 0 amide bonds. The van der Waals surface area contributed by atoms with E-state index in [9.17, 15) is 15.0 Å². The number of likely N-dealkylation sites (N-methyl/N-ethyl adjacent to an activating group) is 1. The van der Waals surface area contributed by atoms with Crippen LogP contribution in [0.4, 0.5) is 5.69 Å². The van der Waals surface area contributed by atoms with Crippen LogP contribution in [-0.4, -0.2) is 48.4 Å². The van der Waals surface area contributed by atoms with Crippen molar-refractivity contribution in [2.75, 3.05) is 31.7 Å². The Morgan fingerprint density at radius 3 is 2.60 bits per heavy atom. The number of hydrogen-bond acceptors (Lipinski definition) is 5. The van der Waals surface area contributed by atoms with Crippen LogP contribution >= 0.6 is 0 Å². The van der Waals surface area contributed by atoms with E-state index in [1.807, 2.05) is 11.9 Å². The van der Waals surface area contributed by atoms with Crippen molar-refractivity contribution in [3.63, 3.8) is 0 Å². The molecule has 1 saturated heterocycles. The highest BCUT2D eigenvalue weighted by atomic mass is 16.5. The van der Waals surface area contributed by atoms with E-state index < -0.39 is 5.60 Å². The van der Waals surface area contributed by atoms with Gasteiger partial charge in [-0.25, -0.2) is 0 Å². The summed E-state index contributed by atoms with van der Waals surface area (Å²) in [5.41, 5.74) is 0.321. The molecule has 5 nitrogen and oxygen atoms in total. The zero-order valence-corrected chi connectivity index (χ0v) is 11.9. The van der Waals surface area contributed by atoms with Gasteiger partial charge in [-0.05, 0) is 19.1 Å². The molecule has 2 N–H and O–H groups in total. The topological polar surface area (TPSA) is 70.0 Å². The largest absolute Gasteiger partial charge is 0.507 e. The Hall–Kier alpha value is -1.59. The summed E-state index contributed by atoms with van der Waals surface area (Å²) in [6, 6.07) is 4.94. The molecule has 1 aliphatic rings. The standard InChI is InChI=1S/C15H21NO4/c1-11(17)13-4-3-12(9-14(13)18)16(2)10-15(19)5-7-20-8-6-15/h3-4,9,18-19H,5-8,10H2,1-2H3. The minimum Gasteiger partial charge on any atom is -0.507 e. The molecule has 1 aromatic rings. The monoisotopic (exact) mass is 279 g/mol. The molecule has 0 aliphatic carbocycles. The molecule has 5 heteroatoms. The molecule has 0 spiro atoms. The average molecular weight is 279 g/mol. The third-order valence-corrected chi connectivity index (χ3v) is 3.76. The van der Waals surface area contributed by atoms with E-state index in [0.717, 1.165) is 5.69 Å². The second-order valence-electron chi connectivity index (χ2n) is 5.45. The van der Waals surface area contributed by atoms with Crippen LogP contribution in [-0.2, 0) is 4.74 Å². The molecule has 0 atom stereocenters. The number of ether oxygens (including phenoxy) is 1. The van der Waals surface area contributed by atoms with Crippen LogP contribution in [0.3, 0.4) is 0 Å². The van der Waals surface area contributed by atoms with Crippen molar-refractivity contribution in [3.8, 4) is 5.75 Å². The van der Waals surface area contributed by atoms with Crippen LogP contribution in [0.15, 0.2) is 18.2 Å². The number of ketones is 1. The van der Waals surface area contributed by atoms with Crippen molar-refractivity contribution in [3.05, 3.63) is 23.8 Å². The molecule has 1 aromatic carbocycles. The molecular weight excluding hydrogens is 258 g/mol. The molecule has 0 bridgehead atoms. The van der Waals surface area contributed by atoms with Crippen molar-refractivity contribution in [2.45, 2.75) is 25.4 Å². The summed E-state index contributed by atoms with van der Waals surface area (Å²) in [5, 5.41) is 20.3. The van der Waals surface area contributed by atoms with Gasteiger partial charge in [0.2, 0.25) is 0 Å². The Balaban J connectivity index is 2.11. The smallest absolute Gasteiger partial charge is 0.163 e. The number of Topliss-reactive ketones (excluding diaryl/α,β-unsaturated/α-hetero) is 1. The fraction of sp³-hybridized carbons (Fsp3) is 0.533. The first-order valence-corrected chi connectivity index (χ1v) is 6.76. The van der Waals surface area contributed by atoms with Gasteiger partial charge in [0.15, 0.2) is 5.78 Å². The number of rotatable bonds is 4. The molecule has 2 rings (SSSR count). The predicted molar refractivity (Wildman–Crippen MR) is 76.4 cm³/mol. The summed E-state index contributed by atoms with van der Waals surface area (Å²) in [7, 11) is 1.86. The Morgan fingerprint density at radius 2 is 2.05 bits per heavy atom. The van der Waals surface area contributed by atoms with Gasteiger partial charge in [0.25, 0.3) is 0 Å². The summed E-state index contributed by atoms with van der Waals surface area (Å²) in [6.45, 7) is 3.02. The van der Waals surface area contributed by atoms with Gasteiger partial charge in [0, 0.05) is 51.4 Å². The van der Waals surface area contributed by atoms with E-state index in [2.05, 4.69) is 0 Å². The number of aliphatic hydroxyl groups is 1. The number of carbonyl (C=O) groups excluding carboxylic acids is 1. The van der Waals surface area contributed by atoms with Gasteiger partial charge in [0.05, 0.1) is 11.2 Å². The normalized spacial score (nSPS) is 17.8. The molecule has 0 saturated carbocycles. The van der Waals surface area contributed by atoms with Gasteiger partial charge in [-0.15, -0.1) is 0 Å².